The number of hydrogen-bond donors (Lipinski definition) is 1. The number of hydrogen-bond acceptors (Lipinski definition) is 4. The van der Waals surface area contributed by atoms with Crippen LogP contribution in [-0.2, 0) is 9.84 Å². The maximum Gasteiger partial charge on any atom is 0.194 e. The molecule has 152 valence electrons. The van der Waals surface area contributed by atoms with E-state index in [-0.39, 0.29) is 29.9 Å². The number of aliphatic imine (C=N–C) groups is 1. The zero-order valence-electron chi connectivity index (χ0n) is 15.8. The highest BCUT2D eigenvalue weighted by atomic mass is 127. The zero-order chi connectivity index (χ0) is 18.1. The molecule has 0 aromatic carbocycles. The largest absolute Gasteiger partial charge is 0.354 e. The van der Waals surface area contributed by atoms with Crippen molar-refractivity contribution in [1.82, 2.24) is 19.8 Å². The highest BCUT2D eigenvalue weighted by molar-refractivity contribution is 14.0. The van der Waals surface area contributed by atoms with Crippen LogP contribution in [0.4, 0.5) is 0 Å². The molecule has 3 aliphatic rings. The van der Waals surface area contributed by atoms with Gasteiger partial charge in [0.2, 0.25) is 0 Å². The Bertz CT molecular complexity index is 748. The molecule has 3 fully saturated rings. The van der Waals surface area contributed by atoms with Crippen LogP contribution >= 0.6 is 24.0 Å². The van der Waals surface area contributed by atoms with Gasteiger partial charge in [-0.25, -0.2) is 13.4 Å². The van der Waals surface area contributed by atoms with E-state index in [2.05, 4.69) is 26.7 Å². The average Bonchev–Trinajstić information content (AvgIpc) is 3.12. The number of nitrogens with one attached hydrogen (secondary N) is 1. The van der Waals surface area contributed by atoms with Crippen LogP contribution in [0.5, 0.6) is 0 Å². The Morgan fingerprint density at radius 3 is 2.74 bits per heavy atom. The summed E-state index contributed by atoms with van der Waals surface area (Å²) in [7, 11) is -2.84. The molecular formula is C18H30IN5O2S. The number of halogens is 1. The molecule has 0 bridgehead atoms. The first kappa shape index (κ1) is 20.9. The van der Waals surface area contributed by atoms with Crippen LogP contribution in [0.2, 0.25) is 0 Å². The third-order valence-electron chi connectivity index (χ3n) is 5.86. The molecule has 0 spiro atoms. The first-order valence-electron chi connectivity index (χ1n) is 9.74. The van der Waals surface area contributed by atoms with Gasteiger partial charge in [0, 0.05) is 38.1 Å². The molecule has 1 saturated carbocycles. The molecule has 1 N–H and O–H groups in total. The molecule has 2 saturated heterocycles. The Labute approximate surface area is 179 Å². The lowest BCUT2D eigenvalue weighted by molar-refractivity contribution is 0.188. The molecule has 2 aliphatic heterocycles. The van der Waals surface area contributed by atoms with Gasteiger partial charge in [-0.1, -0.05) is 6.92 Å². The lowest BCUT2D eigenvalue weighted by Crippen LogP contribution is -2.49. The lowest BCUT2D eigenvalue weighted by Gasteiger charge is -2.39. The van der Waals surface area contributed by atoms with Crippen molar-refractivity contribution in [3.63, 3.8) is 0 Å². The van der Waals surface area contributed by atoms with Crippen molar-refractivity contribution < 1.29 is 8.42 Å². The van der Waals surface area contributed by atoms with Crippen LogP contribution in [0.1, 0.15) is 38.6 Å². The standard InChI is InChI=1S/C18H29N5O2S.HI/c1-14-4-7-22(11-17(14)23-8-6-19-13-23)18(21-16-2-3-16)20-10-15-5-9-26(24,25)12-15;/h6,8,13-17H,2-5,7,9-12H2,1H3,(H,20,21);1H. The van der Waals surface area contributed by atoms with Crippen LogP contribution in [0, 0.1) is 11.8 Å². The molecule has 1 aromatic heterocycles. The minimum Gasteiger partial charge on any atom is -0.354 e. The molecule has 1 aliphatic carbocycles. The van der Waals surface area contributed by atoms with Gasteiger partial charge in [0.1, 0.15) is 0 Å². The first-order valence-corrected chi connectivity index (χ1v) is 11.6. The normalized spacial score (nSPS) is 30.8. The SMILES string of the molecule is CC1CCN(C(=NCC2CCS(=O)(=O)C2)NC2CC2)CC1n1ccnc1.I. The predicted molar refractivity (Wildman–Crippen MR) is 117 cm³/mol. The van der Waals surface area contributed by atoms with E-state index in [0.29, 0.717) is 36.1 Å². The molecule has 3 atom stereocenters. The Balaban J connectivity index is 0.00000210. The van der Waals surface area contributed by atoms with Crippen LogP contribution in [-0.4, -0.2) is 66.0 Å². The van der Waals surface area contributed by atoms with Gasteiger partial charge in [-0.15, -0.1) is 24.0 Å². The predicted octanol–water partition coefficient (Wildman–Crippen LogP) is 1.93. The molecule has 1 aromatic rings. The zero-order valence-corrected chi connectivity index (χ0v) is 19.0. The Morgan fingerprint density at radius 2 is 2.11 bits per heavy atom. The maximum atomic E-state index is 11.7. The summed E-state index contributed by atoms with van der Waals surface area (Å²) in [6.07, 6.45) is 10.0. The second kappa shape index (κ2) is 8.67. The van der Waals surface area contributed by atoms with Crippen LogP contribution in [0.15, 0.2) is 23.7 Å². The number of rotatable bonds is 4. The van der Waals surface area contributed by atoms with Gasteiger partial charge < -0.3 is 14.8 Å². The van der Waals surface area contributed by atoms with Crippen LogP contribution in [0.25, 0.3) is 0 Å². The van der Waals surface area contributed by atoms with E-state index < -0.39 is 9.84 Å². The van der Waals surface area contributed by atoms with E-state index in [4.69, 9.17) is 4.99 Å². The van der Waals surface area contributed by atoms with Gasteiger partial charge in [-0.2, -0.15) is 0 Å². The summed E-state index contributed by atoms with van der Waals surface area (Å²) < 4.78 is 25.6. The fourth-order valence-corrected chi connectivity index (χ4v) is 5.82. The number of piperidine rings is 1. The first-order chi connectivity index (χ1) is 12.5. The van der Waals surface area contributed by atoms with Gasteiger partial charge in [0.05, 0.1) is 23.9 Å². The summed E-state index contributed by atoms with van der Waals surface area (Å²) in [6, 6.07) is 0.927. The smallest absolute Gasteiger partial charge is 0.194 e. The van der Waals surface area contributed by atoms with E-state index in [0.717, 1.165) is 31.9 Å². The summed E-state index contributed by atoms with van der Waals surface area (Å²) in [6.45, 7) is 4.82. The van der Waals surface area contributed by atoms with E-state index in [9.17, 15) is 8.42 Å². The fourth-order valence-electron chi connectivity index (χ4n) is 3.97. The van der Waals surface area contributed by atoms with Gasteiger partial charge in [-0.05, 0) is 37.5 Å². The number of guanidine groups is 1. The lowest BCUT2D eigenvalue weighted by atomic mass is 9.93. The Morgan fingerprint density at radius 1 is 1.30 bits per heavy atom. The Hall–Kier alpha value is -0.840. The van der Waals surface area contributed by atoms with Crippen molar-refractivity contribution in [2.45, 2.75) is 44.7 Å². The third-order valence-corrected chi connectivity index (χ3v) is 7.70. The molecule has 0 radical (unpaired) electrons. The van der Waals surface area contributed by atoms with Crippen molar-refractivity contribution in [1.29, 1.82) is 0 Å². The molecule has 0 amide bonds. The molecule has 27 heavy (non-hydrogen) atoms. The molecule has 3 heterocycles. The quantitative estimate of drug-likeness (QED) is 0.383. The van der Waals surface area contributed by atoms with Crippen molar-refractivity contribution in [3.05, 3.63) is 18.7 Å². The average molecular weight is 507 g/mol. The number of aromatic nitrogens is 2. The fraction of sp³-hybridized carbons (Fsp3) is 0.778. The number of sulfone groups is 1. The monoisotopic (exact) mass is 507 g/mol. The van der Waals surface area contributed by atoms with E-state index in [1.807, 2.05) is 18.7 Å². The summed E-state index contributed by atoms with van der Waals surface area (Å²) >= 11 is 0. The summed E-state index contributed by atoms with van der Waals surface area (Å²) in [5.74, 6) is 2.35. The maximum absolute atomic E-state index is 11.7. The van der Waals surface area contributed by atoms with Gasteiger partial charge >= 0.3 is 0 Å². The molecule has 7 nitrogen and oxygen atoms in total. The second-order valence-electron chi connectivity index (χ2n) is 8.14. The topological polar surface area (TPSA) is 79.6 Å². The number of nitrogens with zero attached hydrogens (tertiary/aromatic N) is 4. The minimum atomic E-state index is -2.84. The van der Waals surface area contributed by atoms with E-state index in [1.54, 1.807) is 0 Å². The van der Waals surface area contributed by atoms with Crippen molar-refractivity contribution in [2.24, 2.45) is 16.8 Å². The van der Waals surface area contributed by atoms with Crippen molar-refractivity contribution in [3.8, 4) is 0 Å². The second-order valence-corrected chi connectivity index (χ2v) is 10.4. The molecule has 3 unspecified atom stereocenters. The summed E-state index contributed by atoms with van der Waals surface area (Å²) in [4.78, 5) is 11.4. The van der Waals surface area contributed by atoms with Gasteiger partial charge in [0.25, 0.3) is 0 Å². The van der Waals surface area contributed by atoms with Crippen LogP contribution in [0.3, 0.4) is 0 Å². The van der Waals surface area contributed by atoms with E-state index in [1.165, 1.54) is 12.8 Å². The summed E-state index contributed by atoms with van der Waals surface area (Å²) in [5.41, 5.74) is 0. The Kier molecular flexibility index (Phi) is 6.70. The van der Waals surface area contributed by atoms with Crippen molar-refractivity contribution >= 4 is 39.8 Å². The van der Waals surface area contributed by atoms with E-state index >= 15 is 0 Å². The number of likely N-dealkylation sites (tertiary alicyclic amines) is 1. The highest BCUT2D eigenvalue weighted by Crippen LogP contribution is 2.28. The molecule has 9 heteroatoms. The molecular weight excluding hydrogens is 477 g/mol. The highest BCUT2D eigenvalue weighted by Gasteiger charge is 2.32. The van der Waals surface area contributed by atoms with Crippen LogP contribution < -0.4 is 5.32 Å². The van der Waals surface area contributed by atoms with Gasteiger partial charge in [0.15, 0.2) is 15.8 Å². The molecule has 4 rings (SSSR count). The number of imidazole rings is 1. The summed E-state index contributed by atoms with van der Waals surface area (Å²) in [5, 5.41) is 3.59. The van der Waals surface area contributed by atoms with Crippen molar-refractivity contribution in [2.75, 3.05) is 31.1 Å². The minimum absolute atomic E-state index is 0. The third kappa shape index (κ3) is 5.36. The van der Waals surface area contributed by atoms with Gasteiger partial charge in [-0.3, -0.25) is 4.99 Å².